The number of phenols is 1. The summed E-state index contributed by atoms with van der Waals surface area (Å²) in [6.45, 7) is 3.17. The smallest absolute Gasteiger partial charge is 0.127 e. The molecule has 1 fully saturated rings. The molecule has 0 aliphatic carbocycles. The van der Waals surface area contributed by atoms with E-state index >= 15 is 0 Å². The van der Waals surface area contributed by atoms with Gasteiger partial charge in [-0.25, -0.2) is 4.39 Å². The highest BCUT2D eigenvalue weighted by atomic mass is 19.1. The van der Waals surface area contributed by atoms with Crippen molar-refractivity contribution in [3.05, 3.63) is 78.6 Å². The summed E-state index contributed by atoms with van der Waals surface area (Å²) in [7, 11) is 0. The highest BCUT2D eigenvalue weighted by Crippen LogP contribution is 2.35. The third kappa shape index (κ3) is 4.51. The van der Waals surface area contributed by atoms with Crippen molar-refractivity contribution >= 4 is 21.8 Å². The van der Waals surface area contributed by atoms with E-state index in [0.29, 0.717) is 11.3 Å². The van der Waals surface area contributed by atoms with Crippen molar-refractivity contribution in [2.45, 2.75) is 25.8 Å². The molecular formula is C30H26FN7O. The zero-order valence-electron chi connectivity index (χ0n) is 21.2. The summed E-state index contributed by atoms with van der Waals surface area (Å²) < 4.78 is 14.0. The molecule has 1 aliphatic heterocycles. The van der Waals surface area contributed by atoms with Crippen LogP contribution in [0, 0.1) is 5.82 Å². The van der Waals surface area contributed by atoms with Crippen LogP contribution in [0.1, 0.15) is 24.8 Å². The summed E-state index contributed by atoms with van der Waals surface area (Å²) in [6, 6.07) is 12.0. The summed E-state index contributed by atoms with van der Waals surface area (Å²) >= 11 is 0. The Labute approximate surface area is 223 Å². The summed E-state index contributed by atoms with van der Waals surface area (Å²) in [6.07, 6.45) is 11.1. The van der Waals surface area contributed by atoms with Crippen molar-refractivity contribution in [2.24, 2.45) is 0 Å². The molecule has 7 rings (SSSR count). The van der Waals surface area contributed by atoms with Gasteiger partial charge in [-0.05, 0) is 67.9 Å². The van der Waals surface area contributed by atoms with Gasteiger partial charge in [-0.3, -0.25) is 25.0 Å². The second-order valence-corrected chi connectivity index (χ2v) is 10.1. The minimum absolute atomic E-state index is 0.146. The molecule has 9 heteroatoms. The van der Waals surface area contributed by atoms with Crippen LogP contribution in [0.2, 0.25) is 0 Å². The number of nitrogens with zero attached hydrogens (tertiary/aromatic N) is 5. The SMILES string of the molecule is Oc1cc(F)cc(-c2nccc3[nH]c(-c4n[nH]c5cnc(-c6cncc(CN7CCCCC7)c6)cc45)cc23)c1. The van der Waals surface area contributed by atoms with Gasteiger partial charge in [-0.2, -0.15) is 5.10 Å². The first-order chi connectivity index (χ1) is 19.1. The Bertz CT molecular complexity index is 1800. The second kappa shape index (κ2) is 9.59. The van der Waals surface area contributed by atoms with E-state index in [1.165, 1.54) is 37.0 Å². The van der Waals surface area contributed by atoms with E-state index < -0.39 is 5.82 Å². The molecule has 1 aliphatic rings. The third-order valence-electron chi connectivity index (χ3n) is 7.35. The van der Waals surface area contributed by atoms with Crippen molar-refractivity contribution in [3.8, 4) is 39.7 Å². The Morgan fingerprint density at radius 1 is 0.846 bits per heavy atom. The molecule has 6 aromatic rings. The standard InChI is InChI=1S/C30H26FN7O/c31-21-9-19(10-22(39)11-21)29-23-13-27(35-25(23)4-5-33-29)30-24-12-26(34-16-28(24)36-37-30)20-8-18(14-32-15-20)17-38-6-2-1-3-7-38/h4-5,8-16,35,39H,1-3,6-7,17H2,(H,36,37). The molecule has 0 unspecified atom stereocenters. The molecule has 5 aromatic heterocycles. The predicted octanol–water partition coefficient (Wildman–Crippen LogP) is 6.06. The van der Waals surface area contributed by atoms with Crippen molar-refractivity contribution in [3.63, 3.8) is 0 Å². The Kier molecular flexibility index (Phi) is 5.78. The quantitative estimate of drug-likeness (QED) is 0.256. The van der Waals surface area contributed by atoms with E-state index in [0.717, 1.165) is 70.2 Å². The predicted molar refractivity (Wildman–Crippen MR) is 148 cm³/mol. The monoisotopic (exact) mass is 519 g/mol. The number of fused-ring (bicyclic) bond motifs is 2. The largest absolute Gasteiger partial charge is 0.508 e. The summed E-state index contributed by atoms with van der Waals surface area (Å²) in [5.74, 6) is -0.667. The van der Waals surface area contributed by atoms with Gasteiger partial charge < -0.3 is 10.1 Å². The molecule has 0 atom stereocenters. The fourth-order valence-electron chi connectivity index (χ4n) is 5.49. The molecular weight excluding hydrogens is 493 g/mol. The molecule has 8 nitrogen and oxygen atoms in total. The number of rotatable bonds is 5. The average Bonchev–Trinajstić information content (AvgIpc) is 3.57. The maximum atomic E-state index is 14.0. The van der Waals surface area contributed by atoms with Crippen LogP contribution >= 0.6 is 0 Å². The van der Waals surface area contributed by atoms with E-state index in [9.17, 15) is 9.50 Å². The third-order valence-corrected chi connectivity index (χ3v) is 7.35. The Morgan fingerprint density at radius 3 is 2.59 bits per heavy atom. The van der Waals surface area contributed by atoms with Crippen LogP contribution in [0.4, 0.5) is 4.39 Å². The van der Waals surface area contributed by atoms with Gasteiger partial charge in [-0.1, -0.05) is 6.42 Å². The van der Waals surface area contributed by atoms with Gasteiger partial charge >= 0.3 is 0 Å². The van der Waals surface area contributed by atoms with Gasteiger partial charge in [0.05, 0.1) is 28.8 Å². The van der Waals surface area contributed by atoms with Gasteiger partial charge in [0.15, 0.2) is 0 Å². The minimum atomic E-state index is -0.521. The number of pyridine rings is 3. The van der Waals surface area contributed by atoms with Crippen LogP contribution in [0.25, 0.3) is 55.7 Å². The topological polar surface area (TPSA) is 107 Å². The maximum Gasteiger partial charge on any atom is 0.127 e. The first-order valence-electron chi connectivity index (χ1n) is 13.1. The van der Waals surface area contributed by atoms with E-state index in [-0.39, 0.29) is 5.75 Å². The fourth-order valence-corrected chi connectivity index (χ4v) is 5.49. The molecule has 0 saturated carbocycles. The lowest BCUT2D eigenvalue weighted by molar-refractivity contribution is 0.220. The van der Waals surface area contributed by atoms with Crippen LogP contribution in [-0.2, 0) is 6.54 Å². The average molecular weight is 520 g/mol. The number of hydrogen-bond donors (Lipinski definition) is 3. The lowest BCUT2D eigenvalue weighted by Gasteiger charge is -2.26. The fraction of sp³-hybridized carbons (Fsp3) is 0.200. The molecule has 1 aromatic carbocycles. The van der Waals surface area contributed by atoms with Crippen LogP contribution < -0.4 is 0 Å². The van der Waals surface area contributed by atoms with Gasteiger partial charge in [0.25, 0.3) is 0 Å². The number of halogens is 1. The zero-order chi connectivity index (χ0) is 26.3. The number of aromatic nitrogens is 6. The number of phenolic OH excluding ortho intramolecular Hbond substituents is 1. The van der Waals surface area contributed by atoms with Crippen LogP contribution in [0.15, 0.2) is 67.3 Å². The van der Waals surface area contributed by atoms with Gasteiger partial charge in [0, 0.05) is 58.6 Å². The molecule has 194 valence electrons. The van der Waals surface area contributed by atoms with Crippen LogP contribution in [0.3, 0.4) is 0 Å². The van der Waals surface area contributed by atoms with Gasteiger partial charge in [-0.15, -0.1) is 0 Å². The molecule has 0 bridgehead atoms. The van der Waals surface area contributed by atoms with E-state index in [4.69, 9.17) is 0 Å². The molecule has 6 heterocycles. The lowest BCUT2D eigenvalue weighted by Crippen LogP contribution is -2.29. The Morgan fingerprint density at radius 2 is 1.72 bits per heavy atom. The number of aromatic hydroxyl groups is 1. The van der Waals surface area contributed by atoms with Crippen molar-refractivity contribution in [1.82, 2.24) is 35.0 Å². The number of aromatic amines is 2. The van der Waals surface area contributed by atoms with E-state index in [1.54, 1.807) is 12.4 Å². The molecule has 0 spiro atoms. The number of nitrogens with one attached hydrogen (secondary N) is 2. The highest BCUT2D eigenvalue weighted by molar-refractivity contribution is 6.00. The number of hydrogen-bond acceptors (Lipinski definition) is 6. The summed E-state index contributed by atoms with van der Waals surface area (Å²) in [5.41, 5.74) is 7.23. The number of piperidine rings is 1. The minimum Gasteiger partial charge on any atom is -0.508 e. The molecule has 1 saturated heterocycles. The van der Waals surface area contributed by atoms with Gasteiger partial charge in [0.2, 0.25) is 0 Å². The number of H-pyrrole nitrogens is 2. The first kappa shape index (κ1) is 23.5. The normalized spacial score (nSPS) is 14.4. The van der Waals surface area contributed by atoms with E-state index in [1.807, 2.05) is 30.6 Å². The van der Waals surface area contributed by atoms with Crippen molar-refractivity contribution in [2.75, 3.05) is 13.1 Å². The summed E-state index contributed by atoms with van der Waals surface area (Å²) in [5, 5.41) is 19.3. The van der Waals surface area contributed by atoms with Crippen LogP contribution in [0.5, 0.6) is 5.75 Å². The molecule has 0 radical (unpaired) electrons. The molecule has 3 N–H and O–H groups in total. The Hall–Kier alpha value is -4.63. The second-order valence-electron chi connectivity index (χ2n) is 10.1. The van der Waals surface area contributed by atoms with Crippen LogP contribution in [-0.4, -0.2) is 53.2 Å². The molecule has 39 heavy (non-hydrogen) atoms. The van der Waals surface area contributed by atoms with E-state index in [2.05, 4.69) is 41.1 Å². The Balaban J connectivity index is 1.26. The number of likely N-dealkylation sites (tertiary alicyclic amines) is 1. The highest BCUT2D eigenvalue weighted by Gasteiger charge is 2.17. The molecule has 0 amide bonds. The van der Waals surface area contributed by atoms with Crippen molar-refractivity contribution in [1.29, 1.82) is 0 Å². The van der Waals surface area contributed by atoms with Gasteiger partial charge in [0.1, 0.15) is 17.3 Å². The lowest BCUT2D eigenvalue weighted by atomic mass is 10.1. The van der Waals surface area contributed by atoms with Crippen molar-refractivity contribution < 1.29 is 9.50 Å². The number of benzene rings is 1. The zero-order valence-corrected chi connectivity index (χ0v) is 21.2. The summed E-state index contributed by atoms with van der Waals surface area (Å²) in [4.78, 5) is 19.6. The first-order valence-corrected chi connectivity index (χ1v) is 13.1. The maximum absolute atomic E-state index is 14.0.